The van der Waals surface area contributed by atoms with Crippen LogP contribution in [0.25, 0.3) is 0 Å². The number of hydrogen-bond acceptors (Lipinski definition) is 4. The molecule has 2 atom stereocenters. The molecule has 106 valence electrons. The molecular weight excluding hydrogens is 240 g/mol. The van der Waals surface area contributed by atoms with E-state index in [2.05, 4.69) is 23.7 Å². The number of ether oxygens (including phenoxy) is 1. The van der Waals surface area contributed by atoms with Crippen LogP contribution in [0.4, 0.5) is 0 Å². The van der Waals surface area contributed by atoms with Crippen molar-refractivity contribution < 1.29 is 9.84 Å². The first kappa shape index (κ1) is 14.3. The molecule has 1 saturated heterocycles. The maximum Gasteiger partial charge on any atom is 0.128 e. The van der Waals surface area contributed by atoms with Crippen LogP contribution in [-0.4, -0.2) is 41.3 Å². The average Bonchev–Trinajstić information content (AvgIpc) is 2.74. The minimum absolute atomic E-state index is 0.225. The summed E-state index contributed by atoms with van der Waals surface area (Å²) >= 11 is 0. The van der Waals surface area contributed by atoms with Crippen molar-refractivity contribution in [1.82, 2.24) is 9.88 Å². The van der Waals surface area contributed by atoms with Gasteiger partial charge in [-0.15, -0.1) is 0 Å². The number of rotatable bonds is 4. The Hall–Kier alpha value is -1.13. The summed E-state index contributed by atoms with van der Waals surface area (Å²) in [6.45, 7) is 8.32. The lowest BCUT2D eigenvalue weighted by atomic mass is 10.0. The summed E-state index contributed by atoms with van der Waals surface area (Å²) in [6.07, 6.45) is 3.02. The normalized spacial score (nSPS) is 23.8. The van der Waals surface area contributed by atoms with E-state index in [4.69, 9.17) is 4.74 Å². The van der Waals surface area contributed by atoms with Gasteiger partial charge in [0.05, 0.1) is 19.4 Å². The van der Waals surface area contributed by atoms with E-state index in [0.717, 1.165) is 42.1 Å². The van der Waals surface area contributed by atoms with Crippen LogP contribution in [0.5, 0.6) is 5.75 Å². The largest absolute Gasteiger partial charge is 0.496 e. The fraction of sp³-hybridized carbons (Fsp3) is 0.667. The highest BCUT2D eigenvalue weighted by Crippen LogP contribution is 2.28. The number of aliphatic hydroxyl groups excluding tert-OH is 1. The van der Waals surface area contributed by atoms with Gasteiger partial charge in [0, 0.05) is 29.9 Å². The molecule has 0 saturated carbocycles. The van der Waals surface area contributed by atoms with Gasteiger partial charge in [0.1, 0.15) is 5.75 Å². The lowest BCUT2D eigenvalue weighted by molar-refractivity contribution is 0.133. The lowest BCUT2D eigenvalue weighted by Gasteiger charge is -2.25. The van der Waals surface area contributed by atoms with E-state index in [0.29, 0.717) is 5.92 Å². The molecule has 0 amide bonds. The van der Waals surface area contributed by atoms with Gasteiger partial charge >= 0.3 is 0 Å². The van der Waals surface area contributed by atoms with E-state index in [9.17, 15) is 5.11 Å². The van der Waals surface area contributed by atoms with Crippen molar-refractivity contribution in [3.05, 3.63) is 23.0 Å². The fourth-order valence-electron chi connectivity index (χ4n) is 3.00. The molecule has 0 aliphatic carbocycles. The van der Waals surface area contributed by atoms with Crippen LogP contribution in [0.2, 0.25) is 0 Å². The molecule has 4 heteroatoms. The van der Waals surface area contributed by atoms with Crippen LogP contribution >= 0.6 is 0 Å². The summed E-state index contributed by atoms with van der Waals surface area (Å²) in [4.78, 5) is 6.87. The summed E-state index contributed by atoms with van der Waals surface area (Å²) in [5, 5.41) is 9.51. The standard InChI is InChI=1S/C15H24N2O2/c1-10-5-6-17(14(10)9-18)8-13-12(3)15(19-4)11(2)7-16-13/h7,10,14,18H,5-6,8-9H2,1-4H3. The van der Waals surface area contributed by atoms with E-state index in [1.165, 1.54) is 0 Å². The third-order valence-corrected chi connectivity index (χ3v) is 4.29. The average molecular weight is 264 g/mol. The van der Waals surface area contributed by atoms with Crippen molar-refractivity contribution in [2.45, 2.75) is 39.8 Å². The molecule has 2 unspecified atom stereocenters. The van der Waals surface area contributed by atoms with Crippen LogP contribution in [0.15, 0.2) is 6.20 Å². The smallest absolute Gasteiger partial charge is 0.128 e. The molecule has 1 fully saturated rings. The monoisotopic (exact) mass is 264 g/mol. The summed E-state index contributed by atoms with van der Waals surface area (Å²) in [7, 11) is 1.70. The maximum absolute atomic E-state index is 9.51. The number of aromatic nitrogens is 1. The number of nitrogens with zero attached hydrogens (tertiary/aromatic N) is 2. The zero-order chi connectivity index (χ0) is 14.0. The molecule has 1 N–H and O–H groups in total. The van der Waals surface area contributed by atoms with Gasteiger partial charge < -0.3 is 9.84 Å². The molecule has 0 aromatic carbocycles. The Morgan fingerprint density at radius 1 is 1.47 bits per heavy atom. The van der Waals surface area contributed by atoms with Gasteiger partial charge in [0.2, 0.25) is 0 Å². The zero-order valence-electron chi connectivity index (χ0n) is 12.3. The van der Waals surface area contributed by atoms with Gasteiger partial charge in [-0.3, -0.25) is 9.88 Å². The minimum Gasteiger partial charge on any atom is -0.496 e. The van der Waals surface area contributed by atoms with Gasteiger partial charge in [0.15, 0.2) is 0 Å². The molecule has 19 heavy (non-hydrogen) atoms. The highest BCUT2D eigenvalue weighted by atomic mass is 16.5. The van der Waals surface area contributed by atoms with Crippen molar-refractivity contribution in [2.24, 2.45) is 5.92 Å². The third kappa shape index (κ3) is 2.74. The summed E-state index contributed by atoms with van der Waals surface area (Å²) in [6, 6.07) is 0.258. The second kappa shape index (κ2) is 5.88. The van der Waals surface area contributed by atoms with Crippen LogP contribution in [0.3, 0.4) is 0 Å². The van der Waals surface area contributed by atoms with Crippen LogP contribution in [0, 0.1) is 19.8 Å². The number of methoxy groups -OCH3 is 1. The Kier molecular flexibility index (Phi) is 4.42. The minimum atomic E-state index is 0.225. The number of aryl methyl sites for hydroxylation is 1. The van der Waals surface area contributed by atoms with Crippen molar-refractivity contribution in [3.63, 3.8) is 0 Å². The first-order valence-corrected chi connectivity index (χ1v) is 6.92. The highest BCUT2D eigenvalue weighted by Gasteiger charge is 2.31. The molecule has 0 bridgehead atoms. The summed E-state index contributed by atoms with van der Waals surface area (Å²) in [5.41, 5.74) is 3.23. The number of pyridine rings is 1. The van der Waals surface area contributed by atoms with Crippen molar-refractivity contribution >= 4 is 0 Å². The molecule has 1 aromatic rings. The molecule has 0 spiro atoms. The topological polar surface area (TPSA) is 45.6 Å². The first-order valence-electron chi connectivity index (χ1n) is 6.92. The summed E-state index contributed by atoms with van der Waals surface area (Å²) in [5.74, 6) is 1.48. The van der Waals surface area contributed by atoms with Crippen molar-refractivity contribution in [2.75, 3.05) is 20.3 Å². The second-order valence-corrected chi connectivity index (χ2v) is 5.53. The zero-order valence-corrected chi connectivity index (χ0v) is 12.3. The third-order valence-electron chi connectivity index (χ3n) is 4.29. The molecule has 1 aliphatic rings. The quantitative estimate of drug-likeness (QED) is 0.902. The van der Waals surface area contributed by atoms with Gasteiger partial charge in [-0.1, -0.05) is 6.92 Å². The predicted molar refractivity (Wildman–Crippen MR) is 75.3 cm³/mol. The SMILES string of the molecule is COc1c(C)cnc(CN2CCC(C)C2CO)c1C. The molecule has 0 radical (unpaired) electrons. The van der Waals surface area contributed by atoms with Crippen LogP contribution in [-0.2, 0) is 6.54 Å². The Morgan fingerprint density at radius 3 is 2.84 bits per heavy atom. The highest BCUT2D eigenvalue weighted by molar-refractivity contribution is 5.41. The van der Waals surface area contributed by atoms with E-state index in [-0.39, 0.29) is 12.6 Å². The van der Waals surface area contributed by atoms with E-state index in [1.807, 2.05) is 13.1 Å². The molecule has 1 aliphatic heterocycles. The van der Waals surface area contributed by atoms with Gasteiger partial charge in [-0.05, 0) is 32.7 Å². The lowest BCUT2D eigenvalue weighted by Crippen LogP contribution is -2.35. The number of hydrogen-bond donors (Lipinski definition) is 1. The number of likely N-dealkylation sites (tertiary alicyclic amines) is 1. The first-order chi connectivity index (χ1) is 9.08. The Labute approximate surface area is 115 Å². The molecule has 1 aromatic heterocycles. The number of aliphatic hydroxyl groups is 1. The van der Waals surface area contributed by atoms with Crippen LogP contribution in [0.1, 0.15) is 30.2 Å². The van der Waals surface area contributed by atoms with Crippen molar-refractivity contribution in [1.29, 1.82) is 0 Å². The summed E-state index contributed by atoms with van der Waals surface area (Å²) < 4.78 is 5.45. The Balaban J connectivity index is 2.20. The molecule has 4 nitrogen and oxygen atoms in total. The molecular formula is C15H24N2O2. The van der Waals surface area contributed by atoms with Crippen LogP contribution < -0.4 is 4.74 Å². The Morgan fingerprint density at radius 2 is 2.21 bits per heavy atom. The molecule has 2 rings (SSSR count). The van der Waals surface area contributed by atoms with Gasteiger partial charge in [0.25, 0.3) is 0 Å². The fourth-order valence-corrected chi connectivity index (χ4v) is 3.00. The maximum atomic E-state index is 9.51. The van der Waals surface area contributed by atoms with Crippen molar-refractivity contribution in [3.8, 4) is 5.75 Å². The van der Waals surface area contributed by atoms with E-state index >= 15 is 0 Å². The van der Waals surface area contributed by atoms with E-state index < -0.39 is 0 Å². The van der Waals surface area contributed by atoms with Gasteiger partial charge in [-0.2, -0.15) is 0 Å². The predicted octanol–water partition coefficient (Wildman–Crippen LogP) is 1.91. The van der Waals surface area contributed by atoms with E-state index in [1.54, 1.807) is 7.11 Å². The molecule has 2 heterocycles. The Bertz CT molecular complexity index is 448. The van der Waals surface area contributed by atoms with Gasteiger partial charge in [-0.25, -0.2) is 0 Å². The second-order valence-electron chi connectivity index (χ2n) is 5.53.